The summed E-state index contributed by atoms with van der Waals surface area (Å²) in [7, 11) is 2.10. The van der Waals surface area contributed by atoms with Crippen LogP contribution in [-0.4, -0.2) is 9.38 Å². The second-order valence-electron chi connectivity index (χ2n) is 5.85. The highest BCUT2D eigenvalue weighted by Gasteiger charge is 2.16. The Bertz CT molecular complexity index is 1010. The summed E-state index contributed by atoms with van der Waals surface area (Å²) in [6.45, 7) is 4.29. The lowest BCUT2D eigenvalue weighted by atomic mass is 10.0. The van der Waals surface area contributed by atoms with Gasteiger partial charge in [-0.05, 0) is 49.7 Å². The molecule has 0 fully saturated rings. The quantitative estimate of drug-likeness (QED) is 0.490. The van der Waals surface area contributed by atoms with Gasteiger partial charge in [0.1, 0.15) is 12.7 Å². The van der Waals surface area contributed by atoms with Crippen LogP contribution < -0.4 is 4.57 Å². The molecule has 1 aromatic carbocycles. The SMILES string of the molecule is Cc1ccc(-c2ccc3nc4ccccn4c3c2C)[n+](C)c1. The molecule has 108 valence electrons. The number of fused-ring (bicyclic) bond motifs is 3. The van der Waals surface area contributed by atoms with E-state index < -0.39 is 0 Å². The van der Waals surface area contributed by atoms with Crippen LogP contribution in [0.25, 0.3) is 27.9 Å². The molecule has 0 saturated carbocycles. The van der Waals surface area contributed by atoms with Crippen LogP contribution in [-0.2, 0) is 7.05 Å². The maximum Gasteiger partial charge on any atom is 0.212 e. The monoisotopic (exact) mass is 288 g/mol. The maximum absolute atomic E-state index is 4.70. The third kappa shape index (κ3) is 1.82. The van der Waals surface area contributed by atoms with Gasteiger partial charge in [-0.25, -0.2) is 9.55 Å². The number of aryl methyl sites for hydroxylation is 3. The van der Waals surface area contributed by atoms with Gasteiger partial charge in [0, 0.05) is 17.8 Å². The molecule has 0 aliphatic rings. The number of rotatable bonds is 1. The van der Waals surface area contributed by atoms with Crippen LogP contribution in [0.2, 0.25) is 0 Å². The number of hydrogen-bond acceptors (Lipinski definition) is 1. The van der Waals surface area contributed by atoms with Crippen molar-refractivity contribution in [1.29, 1.82) is 0 Å². The first kappa shape index (κ1) is 13.0. The first-order valence-electron chi connectivity index (χ1n) is 7.48. The van der Waals surface area contributed by atoms with Gasteiger partial charge in [-0.2, -0.15) is 0 Å². The lowest BCUT2D eigenvalue weighted by Crippen LogP contribution is -2.31. The Kier molecular flexibility index (Phi) is 2.76. The number of hydrogen-bond donors (Lipinski definition) is 0. The van der Waals surface area contributed by atoms with Crippen LogP contribution in [0.1, 0.15) is 11.1 Å². The maximum atomic E-state index is 4.70. The normalized spacial score (nSPS) is 11.4. The smallest absolute Gasteiger partial charge is 0.212 e. The van der Waals surface area contributed by atoms with Crippen LogP contribution in [0.15, 0.2) is 54.9 Å². The van der Waals surface area contributed by atoms with Crippen molar-refractivity contribution in [1.82, 2.24) is 9.38 Å². The minimum absolute atomic E-state index is 0.992. The predicted molar refractivity (Wildman–Crippen MR) is 88.8 cm³/mol. The van der Waals surface area contributed by atoms with E-state index in [-0.39, 0.29) is 0 Å². The average molecular weight is 288 g/mol. The zero-order chi connectivity index (χ0) is 15.3. The molecule has 0 spiro atoms. The summed E-state index contributed by atoms with van der Waals surface area (Å²) in [6.07, 6.45) is 4.24. The van der Waals surface area contributed by atoms with E-state index in [0.717, 1.165) is 11.2 Å². The largest absolute Gasteiger partial charge is 0.299 e. The van der Waals surface area contributed by atoms with E-state index in [4.69, 9.17) is 4.98 Å². The van der Waals surface area contributed by atoms with Crippen LogP contribution in [0, 0.1) is 13.8 Å². The third-order valence-electron chi connectivity index (χ3n) is 4.28. The zero-order valence-electron chi connectivity index (χ0n) is 13.0. The Labute approximate surface area is 129 Å². The second-order valence-corrected chi connectivity index (χ2v) is 5.85. The molecule has 0 aliphatic heterocycles. The molecule has 3 heteroatoms. The van der Waals surface area contributed by atoms with Crippen molar-refractivity contribution >= 4 is 16.7 Å². The van der Waals surface area contributed by atoms with Crippen molar-refractivity contribution in [2.24, 2.45) is 7.05 Å². The standard InChI is InChI=1S/C19H18N3/c1-13-7-10-17(21(3)12-13)15-8-9-16-19(14(15)2)22-11-5-4-6-18(22)20-16/h4-12H,1-3H3/q+1. The number of pyridine rings is 2. The highest BCUT2D eigenvalue weighted by atomic mass is 15.0. The van der Waals surface area contributed by atoms with Gasteiger partial charge >= 0.3 is 0 Å². The van der Waals surface area contributed by atoms with Crippen molar-refractivity contribution in [2.75, 3.05) is 0 Å². The molecule has 0 amide bonds. The first-order valence-corrected chi connectivity index (χ1v) is 7.48. The van der Waals surface area contributed by atoms with E-state index in [0.29, 0.717) is 0 Å². The molecule has 0 radical (unpaired) electrons. The van der Waals surface area contributed by atoms with E-state index in [1.165, 1.54) is 27.9 Å². The van der Waals surface area contributed by atoms with Crippen molar-refractivity contribution < 1.29 is 4.57 Å². The van der Waals surface area contributed by atoms with Gasteiger partial charge < -0.3 is 0 Å². The third-order valence-corrected chi connectivity index (χ3v) is 4.28. The molecule has 22 heavy (non-hydrogen) atoms. The van der Waals surface area contributed by atoms with E-state index in [2.05, 4.69) is 66.5 Å². The summed E-state index contributed by atoms with van der Waals surface area (Å²) in [5, 5.41) is 0. The molecule has 0 saturated heterocycles. The molecular weight excluding hydrogens is 270 g/mol. The van der Waals surface area contributed by atoms with E-state index in [1.54, 1.807) is 0 Å². The average Bonchev–Trinajstić information content (AvgIpc) is 2.88. The summed E-state index contributed by atoms with van der Waals surface area (Å²) in [5.41, 5.74) is 8.22. The van der Waals surface area contributed by atoms with Crippen LogP contribution >= 0.6 is 0 Å². The van der Waals surface area contributed by atoms with Crippen LogP contribution in [0.4, 0.5) is 0 Å². The lowest BCUT2D eigenvalue weighted by molar-refractivity contribution is -0.660. The molecule has 0 atom stereocenters. The minimum Gasteiger partial charge on any atom is -0.299 e. The molecular formula is C19H18N3+. The fourth-order valence-corrected chi connectivity index (χ4v) is 3.22. The number of aromatic nitrogens is 3. The molecule has 0 N–H and O–H groups in total. The Morgan fingerprint density at radius 2 is 1.86 bits per heavy atom. The van der Waals surface area contributed by atoms with Gasteiger partial charge in [0.2, 0.25) is 5.69 Å². The van der Waals surface area contributed by atoms with Crippen LogP contribution in [0.3, 0.4) is 0 Å². The zero-order valence-corrected chi connectivity index (χ0v) is 13.0. The van der Waals surface area contributed by atoms with Crippen molar-refractivity contribution in [2.45, 2.75) is 13.8 Å². The highest BCUT2D eigenvalue weighted by molar-refractivity contribution is 5.88. The van der Waals surface area contributed by atoms with Gasteiger partial charge in [0.15, 0.2) is 6.20 Å². The summed E-state index contributed by atoms with van der Waals surface area (Å²) in [6, 6.07) is 14.8. The summed E-state index contributed by atoms with van der Waals surface area (Å²) in [4.78, 5) is 4.70. The van der Waals surface area contributed by atoms with Gasteiger partial charge in [-0.1, -0.05) is 6.07 Å². The Hall–Kier alpha value is -2.68. The lowest BCUT2D eigenvalue weighted by Gasteiger charge is -2.07. The van der Waals surface area contributed by atoms with Crippen molar-refractivity contribution in [3.8, 4) is 11.3 Å². The number of benzene rings is 1. The fraction of sp³-hybridized carbons (Fsp3) is 0.158. The Balaban J connectivity index is 2.07. The predicted octanol–water partition coefficient (Wildman–Crippen LogP) is 3.60. The van der Waals surface area contributed by atoms with Gasteiger partial charge in [-0.15, -0.1) is 0 Å². The van der Waals surface area contributed by atoms with Gasteiger partial charge in [0.25, 0.3) is 0 Å². The number of nitrogens with zero attached hydrogens (tertiary/aromatic N) is 3. The molecule has 3 nitrogen and oxygen atoms in total. The molecule has 3 heterocycles. The van der Waals surface area contributed by atoms with Gasteiger partial charge in [0.05, 0.1) is 16.6 Å². The summed E-state index contributed by atoms with van der Waals surface area (Å²) in [5.74, 6) is 0. The molecule has 0 aliphatic carbocycles. The van der Waals surface area contributed by atoms with Crippen molar-refractivity contribution in [3.05, 3.63) is 66.0 Å². The van der Waals surface area contributed by atoms with E-state index in [9.17, 15) is 0 Å². The van der Waals surface area contributed by atoms with Crippen molar-refractivity contribution in [3.63, 3.8) is 0 Å². The van der Waals surface area contributed by atoms with E-state index >= 15 is 0 Å². The topological polar surface area (TPSA) is 21.2 Å². The molecule has 3 aromatic heterocycles. The first-order chi connectivity index (χ1) is 10.6. The molecule has 4 rings (SSSR count). The number of imidazole rings is 1. The highest BCUT2D eigenvalue weighted by Crippen LogP contribution is 2.28. The minimum atomic E-state index is 0.992. The Morgan fingerprint density at radius 3 is 2.68 bits per heavy atom. The molecule has 0 bridgehead atoms. The summed E-state index contributed by atoms with van der Waals surface area (Å²) < 4.78 is 4.36. The summed E-state index contributed by atoms with van der Waals surface area (Å²) >= 11 is 0. The van der Waals surface area contributed by atoms with Crippen LogP contribution in [0.5, 0.6) is 0 Å². The second kappa shape index (κ2) is 4.67. The van der Waals surface area contributed by atoms with Gasteiger partial charge in [-0.3, -0.25) is 4.40 Å². The Morgan fingerprint density at radius 1 is 1.00 bits per heavy atom. The molecule has 0 unspecified atom stereocenters. The fourth-order valence-electron chi connectivity index (χ4n) is 3.22. The van der Waals surface area contributed by atoms with E-state index in [1.807, 2.05) is 18.2 Å². The molecule has 4 aromatic rings.